The van der Waals surface area contributed by atoms with Crippen molar-refractivity contribution in [1.82, 2.24) is 5.32 Å². The predicted molar refractivity (Wildman–Crippen MR) is 59.9 cm³/mol. The number of amides is 1. The van der Waals surface area contributed by atoms with Gasteiger partial charge in [-0.1, -0.05) is 27.2 Å². The van der Waals surface area contributed by atoms with Gasteiger partial charge in [0.25, 0.3) is 0 Å². The lowest BCUT2D eigenvalue weighted by atomic mass is 10.0. The second kappa shape index (κ2) is 6.82. The number of hydrogen-bond donors (Lipinski definition) is 2. The molecule has 0 aromatic heterocycles. The molecule has 0 aromatic carbocycles. The Labute approximate surface area is 87.4 Å². The van der Waals surface area contributed by atoms with Crippen LogP contribution in [0.5, 0.6) is 0 Å². The van der Waals surface area contributed by atoms with Crippen LogP contribution in [-0.4, -0.2) is 18.0 Å². The molecule has 0 bridgehead atoms. The van der Waals surface area contributed by atoms with Crippen LogP contribution < -0.4 is 11.1 Å². The summed E-state index contributed by atoms with van der Waals surface area (Å²) >= 11 is 0. The van der Waals surface area contributed by atoms with Crippen LogP contribution in [-0.2, 0) is 4.79 Å². The van der Waals surface area contributed by atoms with Crippen LogP contribution in [0, 0.1) is 5.92 Å². The maximum Gasteiger partial charge on any atom is 0.237 e. The monoisotopic (exact) mass is 200 g/mol. The van der Waals surface area contributed by atoms with Crippen LogP contribution in [0.15, 0.2) is 0 Å². The molecule has 14 heavy (non-hydrogen) atoms. The minimum Gasteiger partial charge on any atom is -0.352 e. The molecule has 3 nitrogen and oxygen atoms in total. The summed E-state index contributed by atoms with van der Waals surface area (Å²) in [5, 5.41) is 2.92. The molecule has 0 aliphatic rings. The minimum atomic E-state index is -0.352. The first-order valence-corrected chi connectivity index (χ1v) is 5.53. The predicted octanol–water partition coefficient (Wildman–Crippen LogP) is 1.66. The zero-order valence-corrected chi connectivity index (χ0v) is 9.84. The molecule has 2 unspecified atom stereocenters. The largest absolute Gasteiger partial charge is 0.352 e. The highest BCUT2D eigenvalue weighted by molar-refractivity contribution is 5.81. The van der Waals surface area contributed by atoms with E-state index in [9.17, 15) is 4.79 Å². The van der Waals surface area contributed by atoms with Gasteiger partial charge in [0.05, 0.1) is 6.04 Å². The Kier molecular flexibility index (Phi) is 6.54. The van der Waals surface area contributed by atoms with Crippen molar-refractivity contribution >= 4 is 5.91 Å². The Balaban J connectivity index is 3.82. The first-order valence-electron chi connectivity index (χ1n) is 5.53. The summed E-state index contributed by atoms with van der Waals surface area (Å²) in [5.41, 5.74) is 5.75. The molecule has 2 atom stereocenters. The summed E-state index contributed by atoms with van der Waals surface area (Å²) in [7, 11) is 0. The third-order valence-electron chi connectivity index (χ3n) is 2.17. The molecule has 3 heteroatoms. The van der Waals surface area contributed by atoms with Crippen LogP contribution in [0.25, 0.3) is 0 Å². The normalized spacial score (nSPS) is 15.3. The van der Waals surface area contributed by atoms with E-state index in [1.165, 1.54) is 0 Å². The van der Waals surface area contributed by atoms with E-state index in [1.807, 2.05) is 6.92 Å². The number of carbonyl (C=O) groups is 1. The fourth-order valence-electron chi connectivity index (χ4n) is 1.47. The van der Waals surface area contributed by atoms with Gasteiger partial charge in [0.15, 0.2) is 0 Å². The van der Waals surface area contributed by atoms with E-state index < -0.39 is 0 Å². The zero-order chi connectivity index (χ0) is 11.1. The molecule has 0 aliphatic heterocycles. The van der Waals surface area contributed by atoms with Gasteiger partial charge in [-0.25, -0.2) is 0 Å². The number of nitrogens with two attached hydrogens (primary N) is 1. The van der Waals surface area contributed by atoms with Gasteiger partial charge in [-0.3, -0.25) is 4.79 Å². The van der Waals surface area contributed by atoms with E-state index in [0.29, 0.717) is 5.92 Å². The zero-order valence-electron chi connectivity index (χ0n) is 9.84. The maximum absolute atomic E-state index is 11.5. The van der Waals surface area contributed by atoms with Gasteiger partial charge in [-0.2, -0.15) is 0 Å². The number of nitrogens with one attached hydrogen (secondary N) is 1. The average Bonchev–Trinajstić information content (AvgIpc) is 2.02. The summed E-state index contributed by atoms with van der Waals surface area (Å²) in [6.45, 7) is 8.27. The van der Waals surface area contributed by atoms with E-state index in [1.54, 1.807) is 0 Å². The Bertz CT molecular complexity index is 169. The molecule has 0 saturated heterocycles. The molecule has 0 aromatic rings. The van der Waals surface area contributed by atoms with E-state index in [4.69, 9.17) is 5.73 Å². The smallest absolute Gasteiger partial charge is 0.237 e. The Morgan fingerprint density at radius 1 is 1.36 bits per heavy atom. The third-order valence-corrected chi connectivity index (χ3v) is 2.17. The van der Waals surface area contributed by atoms with Crippen LogP contribution in [0.4, 0.5) is 0 Å². The lowest BCUT2D eigenvalue weighted by Gasteiger charge is -2.18. The molecule has 3 N–H and O–H groups in total. The van der Waals surface area contributed by atoms with Crippen molar-refractivity contribution in [2.75, 3.05) is 0 Å². The van der Waals surface area contributed by atoms with E-state index >= 15 is 0 Å². The van der Waals surface area contributed by atoms with Crippen molar-refractivity contribution in [3.05, 3.63) is 0 Å². The lowest BCUT2D eigenvalue weighted by molar-refractivity contribution is -0.123. The van der Waals surface area contributed by atoms with E-state index in [0.717, 1.165) is 19.3 Å². The van der Waals surface area contributed by atoms with Gasteiger partial charge in [0.1, 0.15) is 0 Å². The second-order valence-electron chi connectivity index (χ2n) is 4.43. The van der Waals surface area contributed by atoms with Crippen molar-refractivity contribution in [3.63, 3.8) is 0 Å². The fourth-order valence-corrected chi connectivity index (χ4v) is 1.47. The molecule has 1 amide bonds. The van der Waals surface area contributed by atoms with Crippen LogP contribution >= 0.6 is 0 Å². The lowest BCUT2D eigenvalue weighted by Crippen LogP contribution is -2.44. The Morgan fingerprint density at radius 3 is 2.36 bits per heavy atom. The number of hydrogen-bond acceptors (Lipinski definition) is 2. The van der Waals surface area contributed by atoms with Gasteiger partial charge in [0, 0.05) is 6.04 Å². The van der Waals surface area contributed by atoms with Gasteiger partial charge in [-0.15, -0.1) is 0 Å². The van der Waals surface area contributed by atoms with Gasteiger partial charge in [-0.05, 0) is 25.7 Å². The Morgan fingerprint density at radius 2 is 1.93 bits per heavy atom. The van der Waals surface area contributed by atoms with Crippen molar-refractivity contribution in [3.8, 4) is 0 Å². The molecule has 0 heterocycles. The van der Waals surface area contributed by atoms with Crippen molar-refractivity contribution in [1.29, 1.82) is 0 Å². The van der Waals surface area contributed by atoms with Gasteiger partial charge >= 0.3 is 0 Å². The van der Waals surface area contributed by atoms with Crippen LogP contribution in [0.1, 0.15) is 47.0 Å². The third kappa shape index (κ3) is 5.97. The van der Waals surface area contributed by atoms with Crippen LogP contribution in [0.3, 0.4) is 0 Å². The van der Waals surface area contributed by atoms with Gasteiger partial charge in [0.2, 0.25) is 5.91 Å². The summed E-state index contributed by atoms with van der Waals surface area (Å²) in [4.78, 5) is 11.5. The molecule has 0 spiro atoms. The first-order chi connectivity index (χ1) is 6.47. The maximum atomic E-state index is 11.5. The topological polar surface area (TPSA) is 55.1 Å². The summed E-state index contributed by atoms with van der Waals surface area (Å²) in [6.07, 6.45) is 2.85. The molecule has 0 rings (SSSR count). The summed E-state index contributed by atoms with van der Waals surface area (Å²) in [5.74, 6) is 0.455. The molecule has 0 fully saturated rings. The molecule has 0 radical (unpaired) electrons. The number of carbonyl (C=O) groups excluding carboxylic acids is 1. The molecule has 84 valence electrons. The highest BCUT2D eigenvalue weighted by atomic mass is 16.2. The fraction of sp³-hybridized carbons (Fsp3) is 0.909. The standard InChI is InChI=1S/C11H24N2O/c1-5-6-9(4)13-11(14)10(12)7-8(2)3/h8-10H,5-7,12H2,1-4H3,(H,13,14). The van der Waals surface area contributed by atoms with Crippen molar-refractivity contribution < 1.29 is 4.79 Å². The Hall–Kier alpha value is -0.570. The average molecular weight is 200 g/mol. The molecule has 0 aliphatic carbocycles. The number of rotatable bonds is 6. The molecule has 0 saturated carbocycles. The van der Waals surface area contributed by atoms with E-state index in [-0.39, 0.29) is 18.0 Å². The molecular formula is C11H24N2O. The summed E-state index contributed by atoms with van der Waals surface area (Å²) < 4.78 is 0. The minimum absolute atomic E-state index is 0.0142. The first kappa shape index (κ1) is 13.4. The highest BCUT2D eigenvalue weighted by Gasteiger charge is 2.16. The highest BCUT2D eigenvalue weighted by Crippen LogP contribution is 2.03. The van der Waals surface area contributed by atoms with Crippen molar-refractivity contribution in [2.45, 2.75) is 59.0 Å². The van der Waals surface area contributed by atoms with E-state index in [2.05, 4.69) is 26.1 Å². The quantitative estimate of drug-likeness (QED) is 0.685. The second-order valence-corrected chi connectivity index (χ2v) is 4.43. The van der Waals surface area contributed by atoms with Gasteiger partial charge < -0.3 is 11.1 Å². The SMILES string of the molecule is CCCC(C)NC(=O)C(N)CC(C)C. The molecular weight excluding hydrogens is 176 g/mol. The van der Waals surface area contributed by atoms with Crippen molar-refractivity contribution in [2.24, 2.45) is 11.7 Å². The van der Waals surface area contributed by atoms with Crippen LogP contribution in [0.2, 0.25) is 0 Å². The summed E-state index contributed by atoms with van der Waals surface area (Å²) in [6, 6.07) is -0.111.